The predicted octanol–water partition coefficient (Wildman–Crippen LogP) is 4.43. The van der Waals surface area contributed by atoms with Crippen molar-refractivity contribution in [3.05, 3.63) is 69.6 Å². The van der Waals surface area contributed by atoms with Crippen LogP contribution >= 0.6 is 23.1 Å². The number of aromatic nitrogens is 4. The van der Waals surface area contributed by atoms with E-state index in [2.05, 4.69) is 10.2 Å². The molecule has 9 heteroatoms. The number of carbonyl (C=O) groups excluding carboxylic acids is 1. The molecule has 2 aromatic heterocycles. The van der Waals surface area contributed by atoms with E-state index >= 15 is 0 Å². The highest BCUT2D eigenvalue weighted by atomic mass is 32.2. The van der Waals surface area contributed by atoms with E-state index in [1.54, 1.807) is 11.5 Å². The second-order valence-corrected chi connectivity index (χ2v) is 9.37. The van der Waals surface area contributed by atoms with Crippen molar-refractivity contribution in [2.45, 2.75) is 44.1 Å². The summed E-state index contributed by atoms with van der Waals surface area (Å²) in [7, 11) is 0. The van der Waals surface area contributed by atoms with Crippen molar-refractivity contribution in [1.29, 1.82) is 0 Å². The molecule has 7 nitrogen and oxygen atoms in total. The van der Waals surface area contributed by atoms with Crippen LogP contribution < -0.4 is 4.87 Å². The Morgan fingerprint density at radius 2 is 1.88 bits per heavy atom. The van der Waals surface area contributed by atoms with E-state index in [-0.39, 0.29) is 22.6 Å². The number of aryl methyl sites for hydroxylation is 1. The summed E-state index contributed by atoms with van der Waals surface area (Å²) in [5.74, 6) is 0.368. The molecule has 0 amide bonds. The van der Waals surface area contributed by atoms with Crippen LogP contribution in [0.5, 0.6) is 0 Å². The number of fused-ring (bicyclic) bond motifs is 1. The third-order valence-electron chi connectivity index (χ3n) is 5.10. The van der Waals surface area contributed by atoms with E-state index in [0.29, 0.717) is 24.0 Å². The highest BCUT2D eigenvalue weighted by Gasteiger charge is 2.25. The molecule has 0 aliphatic rings. The molecule has 0 bridgehead atoms. The van der Waals surface area contributed by atoms with Crippen molar-refractivity contribution in [3.8, 4) is 5.69 Å². The Hall–Kier alpha value is -2.91. The van der Waals surface area contributed by atoms with Crippen molar-refractivity contribution in [2.24, 2.45) is 0 Å². The van der Waals surface area contributed by atoms with Gasteiger partial charge in [0.1, 0.15) is 5.25 Å². The van der Waals surface area contributed by atoms with Crippen molar-refractivity contribution < 1.29 is 9.53 Å². The summed E-state index contributed by atoms with van der Waals surface area (Å²) >= 11 is 2.56. The molecule has 4 rings (SSSR count). The molecule has 0 saturated heterocycles. The zero-order valence-corrected chi connectivity index (χ0v) is 19.8. The Kier molecular flexibility index (Phi) is 6.76. The van der Waals surface area contributed by atoms with Gasteiger partial charge in [0, 0.05) is 0 Å². The Morgan fingerprint density at radius 3 is 2.62 bits per heavy atom. The van der Waals surface area contributed by atoms with Gasteiger partial charge in [0.2, 0.25) is 0 Å². The molecule has 32 heavy (non-hydrogen) atoms. The molecule has 4 aromatic rings. The van der Waals surface area contributed by atoms with E-state index in [1.807, 2.05) is 66.9 Å². The number of rotatable bonds is 8. The van der Waals surface area contributed by atoms with Crippen LogP contribution in [-0.2, 0) is 16.1 Å². The van der Waals surface area contributed by atoms with Crippen molar-refractivity contribution in [3.63, 3.8) is 0 Å². The first kappa shape index (κ1) is 22.3. The van der Waals surface area contributed by atoms with Gasteiger partial charge in [0.25, 0.3) is 0 Å². The number of thioether (sulfide) groups is 1. The number of ether oxygens (including phenoxy) is 1. The second-order valence-electron chi connectivity index (χ2n) is 7.21. The minimum Gasteiger partial charge on any atom is -0.465 e. The van der Waals surface area contributed by atoms with E-state index < -0.39 is 0 Å². The zero-order chi connectivity index (χ0) is 22.7. The summed E-state index contributed by atoms with van der Waals surface area (Å²) in [6.07, 6.45) is 0.605. The lowest BCUT2D eigenvalue weighted by molar-refractivity contribution is -0.142. The normalized spacial score (nSPS) is 12.2. The van der Waals surface area contributed by atoms with Crippen LogP contribution in [0.15, 0.2) is 58.5 Å². The van der Waals surface area contributed by atoms with Gasteiger partial charge in [-0.2, -0.15) is 0 Å². The van der Waals surface area contributed by atoms with Gasteiger partial charge in [-0.25, -0.2) is 0 Å². The maximum absolute atomic E-state index is 12.7. The summed E-state index contributed by atoms with van der Waals surface area (Å²) in [6.45, 7) is 6.37. The lowest BCUT2D eigenvalue weighted by Gasteiger charge is -2.16. The van der Waals surface area contributed by atoms with Crippen molar-refractivity contribution >= 4 is 39.3 Å². The van der Waals surface area contributed by atoms with Crippen LogP contribution in [0.2, 0.25) is 0 Å². The molecule has 0 fully saturated rings. The zero-order valence-electron chi connectivity index (χ0n) is 18.1. The van der Waals surface area contributed by atoms with Gasteiger partial charge < -0.3 is 4.74 Å². The maximum atomic E-state index is 12.7. The molecule has 1 atom stereocenters. The van der Waals surface area contributed by atoms with Crippen LogP contribution in [0, 0.1) is 6.92 Å². The molecule has 0 saturated carbocycles. The Balaban J connectivity index is 1.79. The SMILES string of the molecule is CCOC(=O)C(CC)Sc1nnc(Cn2c(=O)sc3ccccc32)n1-c1ccccc1C. The van der Waals surface area contributed by atoms with Crippen LogP contribution in [-0.4, -0.2) is 37.2 Å². The first-order chi connectivity index (χ1) is 15.5. The van der Waals surface area contributed by atoms with E-state index in [1.165, 1.54) is 23.1 Å². The number of esters is 1. The van der Waals surface area contributed by atoms with E-state index in [9.17, 15) is 9.59 Å². The molecular formula is C23H24N4O3S2. The summed E-state index contributed by atoms with van der Waals surface area (Å²) in [6, 6.07) is 15.7. The average molecular weight is 469 g/mol. The second kappa shape index (κ2) is 9.70. The average Bonchev–Trinajstić information content (AvgIpc) is 3.33. The first-order valence-corrected chi connectivity index (χ1v) is 12.1. The Labute approximate surface area is 194 Å². The molecule has 2 aromatic carbocycles. The smallest absolute Gasteiger partial charge is 0.319 e. The summed E-state index contributed by atoms with van der Waals surface area (Å²) in [4.78, 5) is 25.1. The van der Waals surface area contributed by atoms with Crippen LogP contribution in [0.1, 0.15) is 31.7 Å². The molecule has 1 unspecified atom stereocenters. The highest BCUT2D eigenvalue weighted by Crippen LogP contribution is 2.30. The number of nitrogens with zero attached hydrogens (tertiary/aromatic N) is 4. The number of benzene rings is 2. The predicted molar refractivity (Wildman–Crippen MR) is 128 cm³/mol. The monoisotopic (exact) mass is 468 g/mol. The van der Waals surface area contributed by atoms with Crippen molar-refractivity contribution in [1.82, 2.24) is 19.3 Å². The molecular weight excluding hydrogens is 444 g/mol. The number of thiazole rings is 1. The molecule has 166 valence electrons. The summed E-state index contributed by atoms with van der Waals surface area (Å²) < 4.78 is 9.83. The topological polar surface area (TPSA) is 79.0 Å². The van der Waals surface area contributed by atoms with Gasteiger partial charge in [0.05, 0.1) is 29.1 Å². The number of para-hydroxylation sites is 2. The summed E-state index contributed by atoms with van der Waals surface area (Å²) in [5, 5.41) is 9.05. The molecule has 0 aliphatic heterocycles. The summed E-state index contributed by atoms with van der Waals surface area (Å²) in [5.41, 5.74) is 2.83. The number of hydrogen-bond acceptors (Lipinski definition) is 7. The van der Waals surface area contributed by atoms with Crippen LogP contribution in [0.25, 0.3) is 15.9 Å². The van der Waals surface area contributed by atoms with Gasteiger partial charge in [-0.05, 0) is 44.0 Å². The molecule has 0 aliphatic carbocycles. The molecule has 2 heterocycles. The largest absolute Gasteiger partial charge is 0.465 e. The fraction of sp³-hybridized carbons (Fsp3) is 0.304. The Morgan fingerprint density at radius 1 is 1.12 bits per heavy atom. The number of carbonyl (C=O) groups is 1. The van der Waals surface area contributed by atoms with Gasteiger partial charge in [-0.3, -0.25) is 18.7 Å². The molecule has 0 spiro atoms. The minimum atomic E-state index is -0.389. The third-order valence-corrected chi connectivity index (χ3v) is 7.34. The third kappa shape index (κ3) is 4.35. The van der Waals surface area contributed by atoms with Gasteiger partial charge >= 0.3 is 10.8 Å². The van der Waals surface area contributed by atoms with Gasteiger partial charge in [-0.15, -0.1) is 10.2 Å². The Bertz CT molecular complexity index is 1310. The minimum absolute atomic E-state index is 0.0438. The quantitative estimate of drug-likeness (QED) is 0.281. The van der Waals surface area contributed by atoms with E-state index in [4.69, 9.17) is 4.74 Å². The van der Waals surface area contributed by atoms with Gasteiger partial charge in [-0.1, -0.05) is 60.4 Å². The first-order valence-electron chi connectivity index (χ1n) is 10.4. The molecule has 0 radical (unpaired) electrons. The van der Waals surface area contributed by atoms with Crippen LogP contribution in [0.3, 0.4) is 0 Å². The lowest BCUT2D eigenvalue weighted by Crippen LogP contribution is -2.20. The molecule has 0 N–H and O–H groups in total. The van der Waals surface area contributed by atoms with Gasteiger partial charge in [0.15, 0.2) is 11.0 Å². The fourth-order valence-electron chi connectivity index (χ4n) is 3.50. The van der Waals surface area contributed by atoms with Crippen molar-refractivity contribution in [2.75, 3.05) is 6.61 Å². The highest BCUT2D eigenvalue weighted by molar-refractivity contribution is 8.00. The fourth-order valence-corrected chi connectivity index (χ4v) is 5.37. The number of hydrogen-bond donors (Lipinski definition) is 0. The van der Waals surface area contributed by atoms with Crippen LogP contribution in [0.4, 0.5) is 0 Å². The lowest BCUT2D eigenvalue weighted by atomic mass is 10.2. The standard InChI is InChI=1S/C23H24N4O3S2/c1-4-18(21(28)30-5-2)31-22-25-24-20(27(22)16-11-7-6-10-15(16)3)14-26-17-12-8-9-13-19(17)32-23(26)29/h6-13,18H,4-5,14H2,1-3H3. The maximum Gasteiger partial charge on any atom is 0.319 e. The van der Waals surface area contributed by atoms with E-state index in [0.717, 1.165) is 21.5 Å².